The van der Waals surface area contributed by atoms with Crippen LogP contribution >= 0.6 is 0 Å². The van der Waals surface area contributed by atoms with E-state index < -0.39 is 0 Å². The van der Waals surface area contributed by atoms with E-state index in [4.69, 9.17) is 5.73 Å². The van der Waals surface area contributed by atoms with Crippen LogP contribution in [0.5, 0.6) is 0 Å². The molecule has 0 bridgehead atoms. The molecule has 0 spiro atoms. The molecule has 4 nitrogen and oxygen atoms in total. The molecule has 2 rings (SSSR count). The van der Waals surface area contributed by atoms with E-state index in [0.717, 1.165) is 30.8 Å². The molecule has 0 aliphatic heterocycles. The molecule has 4 heteroatoms. The fourth-order valence-corrected chi connectivity index (χ4v) is 2.12. The van der Waals surface area contributed by atoms with Crippen molar-refractivity contribution in [1.29, 1.82) is 0 Å². The summed E-state index contributed by atoms with van der Waals surface area (Å²) in [7, 11) is 0. The molecule has 0 amide bonds. The highest BCUT2D eigenvalue weighted by atomic mass is 15.0. The predicted octanol–water partition coefficient (Wildman–Crippen LogP) is 2.58. The highest BCUT2D eigenvalue weighted by molar-refractivity contribution is 5.54. The largest absolute Gasteiger partial charge is 0.383 e. The number of nitrogens with zero attached hydrogens (tertiary/aromatic N) is 2. The SMILES string of the molecule is CCc1c(N)ncnc1NCCc1cccc(C)c1. The molecule has 0 saturated carbocycles. The van der Waals surface area contributed by atoms with Crippen LogP contribution in [0.15, 0.2) is 30.6 Å². The molecule has 0 fully saturated rings. The molecular weight excluding hydrogens is 236 g/mol. The van der Waals surface area contributed by atoms with Crippen LogP contribution < -0.4 is 11.1 Å². The minimum absolute atomic E-state index is 0.565. The van der Waals surface area contributed by atoms with Gasteiger partial charge in [0, 0.05) is 12.1 Å². The highest BCUT2D eigenvalue weighted by Gasteiger charge is 2.06. The van der Waals surface area contributed by atoms with Crippen molar-refractivity contribution in [2.75, 3.05) is 17.6 Å². The van der Waals surface area contributed by atoms with Gasteiger partial charge in [0.2, 0.25) is 0 Å². The Morgan fingerprint density at radius 3 is 2.84 bits per heavy atom. The Balaban J connectivity index is 1.98. The maximum atomic E-state index is 5.84. The second-order valence-electron chi connectivity index (χ2n) is 4.61. The summed E-state index contributed by atoms with van der Waals surface area (Å²) < 4.78 is 0. The monoisotopic (exact) mass is 256 g/mol. The number of nitrogens with two attached hydrogens (primary N) is 1. The van der Waals surface area contributed by atoms with E-state index in [1.807, 2.05) is 0 Å². The van der Waals surface area contributed by atoms with Crippen molar-refractivity contribution >= 4 is 11.6 Å². The zero-order valence-corrected chi connectivity index (χ0v) is 11.5. The Bertz CT molecular complexity index is 552. The van der Waals surface area contributed by atoms with Crippen LogP contribution in [0.25, 0.3) is 0 Å². The van der Waals surface area contributed by atoms with Crippen molar-refractivity contribution in [3.05, 3.63) is 47.3 Å². The number of hydrogen-bond donors (Lipinski definition) is 2. The number of anilines is 2. The van der Waals surface area contributed by atoms with Gasteiger partial charge in [-0.05, 0) is 25.3 Å². The lowest BCUT2D eigenvalue weighted by atomic mass is 10.1. The fourth-order valence-electron chi connectivity index (χ4n) is 2.12. The summed E-state index contributed by atoms with van der Waals surface area (Å²) in [6.45, 7) is 5.00. The summed E-state index contributed by atoms with van der Waals surface area (Å²) in [5, 5.41) is 3.34. The molecule has 0 radical (unpaired) electrons. The van der Waals surface area contributed by atoms with Crippen LogP contribution in [0, 0.1) is 6.92 Å². The lowest BCUT2D eigenvalue weighted by molar-refractivity contribution is 0.975. The number of hydrogen-bond acceptors (Lipinski definition) is 4. The predicted molar refractivity (Wildman–Crippen MR) is 79.2 cm³/mol. The maximum Gasteiger partial charge on any atom is 0.134 e. The van der Waals surface area contributed by atoms with Crippen molar-refractivity contribution in [3.8, 4) is 0 Å². The summed E-state index contributed by atoms with van der Waals surface area (Å²) in [5.74, 6) is 1.42. The third kappa shape index (κ3) is 3.44. The van der Waals surface area contributed by atoms with Crippen molar-refractivity contribution in [1.82, 2.24) is 9.97 Å². The van der Waals surface area contributed by atoms with Gasteiger partial charge in [0.05, 0.1) is 0 Å². The number of nitrogens with one attached hydrogen (secondary N) is 1. The summed E-state index contributed by atoms with van der Waals surface area (Å²) >= 11 is 0. The Morgan fingerprint density at radius 2 is 2.11 bits per heavy atom. The molecule has 0 aliphatic carbocycles. The summed E-state index contributed by atoms with van der Waals surface area (Å²) in [6.07, 6.45) is 3.30. The summed E-state index contributed by atoms with van der Waals surface area (Å²) in [6, 6.07) is 8.54. The van der Waals surface area contributed by atoms with Crippen molar-refractivity contribution < 1.29 is 0 Å². The van der Waals surface area contributed by atoms with Crippen LogP contribution in [0.3, 0.4) is 0 Å². The lowest BCUT2D eigenvalue weighted by Crippen LogP contribution is -2.10. The van der Waals surface area contributed by atoms with E-state index in [-0.39, 0.29) is 0 Å². The van der Waals surface area contributed by atoms with Gasteiger partial charge in [-0.15, -0.1) is 0 Å². The smallest absolute Gasteiger partial charge is 0.134 e. The Hall–Kier alpha value is -2.10. The van der Waals surface area contributed by atoms with Crippen LogP contribution in [0.2, 0.25) is 0 Å². The molecule has 0 atom stereocenters. The van der Waals surface area contributed by atoms with E-state index in [0.29, 0.717) is 5.82 Å². The van der Waals surface area contributed by atoms with Crippen LogP contribution in [-0.2, 0) is 12.8 Å². The van der Waals surface area contributed by atoms with Gasteiger partial charge in [0.15, 0.2) is 0 Å². The van der Waals surface area contributed by atoms with Gasteiger partial charge in [-0.1, -0.05) is 36.8 Å². The van der Waals surface area contributed by atoms with Gasteiger partial charge in [-0.25, -0.2) is 9.97 Å². The average Bonchev–Trinajstić information content (AvgIpc) is 2.39. The fraction of sp³-hybridized carbons (Fsp3) is 0.333. The van der Waals surface area contributed by atoms with Gasteiger partial charge in [0.1, 0.15) is 18.0 Å². The average molecular weight is 256 g/mol. The molecule has 1 aromatic heterocycles. The molecule has 0 saturated heterocycles. The number of benzene rings is 1. The summed E-state index contributed by atoms with van der Waals surface area (Å²) in [4.78, 5) is 8.27. The van der Waals surface area contributed by atoms with E-state index in [9.17, 15) is 0 Å². The number of rotatable bonds is 5. The number of aryl methyl sites for hydroxylation is 1. The normalized spacial score (nSPS) is 10.4. The van der Waals surface area contributed by atoms with E-state index in [1.165, 1.54) is 17.5 Å². The Kier molecular flexibility index (Phi) is 4.34. The quantitative estimate of drug-likeness (QED) is 0.863. The minimum atomic E-state index is 0.565. The standard InChI is InChI=1S/C15H20N4/c1-3-13-14(16)18-10-19-15(13)17-8-7-12-6-4-5-11(2)9-12/h4-6,9-10H,3,7-8H2,1-2H3,(H3,16,17,18,19). The molecular formula is C15H20N4. The van der Waals surface area contributed by atoms with E-state index in [2.05, 4.69) is 53.4 Å². The van der Waals surface area contributed by atoms with Crippen LogP contribution in [-0.4, -0.2) is 16.5 Å². The molecule has 0 unspecified atom stereocenters. The van der Waals surface area contributed by atoms with Crippen molar-refractivity contribution in [2.24, 2.45) is 0 Å². The Labute approximate surface area is 114 Å². The third-order valence-corrected chi connectivity index (χ3v) is 3.12. The van der Waals surface area contributed by atoms with Gasteiger partial charge < -0.3 is 11.1 Å². The number of nitrogen functional groups attached to an aromatic ring is 1. The topological polar surface area (TPSA) is 63.8 Å². The van der Waals surface area contributed by atoms with Crippen molar-refractivity contribution in [3.63, 3.8) is 0 Å². The van der Waals surface area contributed by atoms with Gasteiger partial charge in [-0.2, -0.15) is 0 Å². The maximum absolute atomic E-state index is 5.84. The van der Waals surface area contributed by atoms with Gasteiger partial charge in [0.25, 0.3) is 0 Å². The van der Waals surface area contributed by atoms with E-state index in [1.54, 1.807) is 0 Å². The van der Waals surface area contributed by atoms with Gasteiger partial charge >= 0.3 is 0 Å². The van der Waals surface area contributed by atoms with Crippen molar-refractivity contribution in [2.45, 2.75) is 26.7 Å². The first-order valence-electron chi connectivity index (χ1n) is 6.59. The molecule has 19 heavy (non-hydrogen) atoms. The molecule has 1 heterocycles. The second-order valence-corrected chi connectivity index (χ2v) is 4.61. The van der Waals surface area contributed by atoms with E-state index >= 15 is 0 Å². The second kappa shape index (κ2) is 6.18. The molecule has 100 valence electrons. The van der Waals surface area contributed by atoms with Crippen LogP contribution in [0.1, 0.15) is 23.6 Å². The number of aromatic nitrogens is 2. The van der Waals surface area contributed by atoms with Crippen LogP contribution in [0.4, 0.5) is 11.6 Å². The Morgan fingerprint density at radius 1 is 1.26 bits per heavy atom. The zero-order valence-electron chi connectivity index (χ0n) is 11.5. The first-order valence-corrected chi connectivity index (χ1v) is 6.59. The first kappa shape index (κ1) is 13.3. The third-order valence-electron chi connectivity index (χ3n) is 3.12. The molecule has 2 aromatic rings. The molecule has 0 aliphatic rings. The highest BCUT2D eigenvalue weighted by Crippen LogP contribution is 2.17. The minimum Gasteiger partial charge on any atom is -0.383 e. The lowest BCUT2D eigenvalue weighted by Gasteiger charge is -2.11. The summed E-state index contributed by atoms with van der Waals surface area (Å²) in [5.41, 5.74) is 9.45. The molecule has 1 aromatic carbocycles. The van der Waals surface area contributed by atoms with Gasteiger partial charge in [-0.3, -0.25) is 0 Å². The molecule has 3 N–H and O–H groups in total. The first-order chi connectivity index (χ1) is 9.20. The zero-order chi connectivity index (χ0) is 13.7.